The number of carbonyl (C=O) groups excluding carboxylic acids is 4. The molecule has 2 aromatic carbocycles. The van der Waals surface area contributed by atoms with E-state index in [4.69, 9.17) is 36.5 Å². The van der Waals surface area contributed by atoms with Gasteiger partial charge >= 0.3 is 28.3 Å². The van der Waals surface area contributed by atoms with Crippen LogP contribution in [0, 0.1) is 11.3 Å². The number of nitrogens with zero attached hydrogens (tertiary/aromatic N) is 3. The second-order valence-electron chi connectivity index (χ2n) is 18.9. The lowest BCUT2D eigenvalue weighted by Crippen LogP contribution is -2.81. The van der Waals surface area contributed by atoms with Crippen molar-refractivity contribution in [1.82, 2.24) is 9.80 Å². The van der Waals surface area contributed by atoms with Gasteiger partial charge in [-0.25, -0.2) is 4.79 Å². The number of carbonyl (C=O) groups is 4. The fourth-order valence-corrected chi connectivity index (χ4v) is 13.9. The summed E-state index contributed by atoms with van der Waals surface area (Å²) in [6.45, 7) is 8.31. The number of rotatable bonds is 8. The fraction of sp³-hybridized carbons (Fsp3) is 0.609. The number of benzene rings is 2. The monoisotopic (exact) mass is 924 g/mol. The van der Waals surface area contributed by atoms with Gasteiger partial charge in [-0.2, -0.15) is 8.42 Å². The van der Waals surface area contributed by atoms with E-state index in [2.05, 4.69) is 21.2 Å². The van der Waals surface area contributed by atoms with Gasteiger partial charge in [0.05, 0.1) is 44.7 Å². The zero-order valence-electron chi connectivity index (χ0n) is 37.6. The average Bonchev–Trinajstić information content (AvgIpc) is 3.95. The Bertz CT molecular complexity index is 2390. The summed E-state index contributed by atoms with van der Waals surface area (Å²) >= 11 is 0. The number of amides is 1. The molecule has 19 heteroatoms. The van der Waals surface area contributed by atoms with Crippen LogP contribution in [0.4, 0.5) is 11.4 Å². The van der Waals surface area contributed by atoms with Gasteiger partial charge in [0.25, 0.3) is 0 Å². The second kappa shape index (κ2) is 16.6. The maximum Gasteiger partial charge on any atom is 0.394 e. The van der Waals surface area contributed by atoms with Gasteiger partial charge in [-0.05, 0) is 80.8 Å². The van der Waals surface area contributed by atoms with Crippen LogP contribution in [-0.4, -0.2) is 151 Å². The summed E-state index contributed by atoms with van der Waals surface area (Å²) in [6, 6.07) is 9.72. The van der Waals surface area contributed by atoms with Crippen molar-refractivity contribution in [2.45, 2.75) is 111 Å². The first kappa shape index (κ1) is 46.9. The Morgan fingerprint density at radius 1 is 0.954 bits per heavy atom. The summed E-state index contributed by atoms with van der Waals surface area (Å²) in [5, 5.41) is 29.1. The molecule has 0 radical (unpaired) electrons. The molecule has 1 saturated carbocycles. The number of esters is 3. The minimum atomic E-state index is -4.67. The summed E-state index contributed by atoms with van der Waals surface area (Å²) < 4.78 is 55.3. The molecule has 6 aliphatic heterocycles. The lowest BCUT2D eigenvalue weighted by Gasteiger charge is -2.63. The number of piperidine rings is 1. The first-order valence-corrected chi connectivity index (χ1v) is 23.6. The van der Waals surface area contributed by atoms with Crippen LogP contribution in [0.3, 0.4) is 0 Å². The first-order valence-electron chi connectivity index (χ1n) is 22.2. The maximum atomic E-state index is 15.4. The molecule has 354 valence electrons. The molecule has 7 aliphatic rings. The van der Waals surface area contributed by atoms with E-state index >= 15 is 4.79 Å². The zero-order chi connectivity index (χ0) is 47.1. The third-order valence-electron chi connectivity index (χ3n) is 16.0. The van der Waals surface area contributed by atoms with Crippen molar-refractivity contribution in [3.05, 3.63) is 65.2 Å². The lowest BCUT2D eigenvalue weighted by molar-refractivity contribution is -0.228. The minimum Gasteiger partial charge on any atom is -0.496 e. The molecule has 3 saturated heterocycles. The molecule has 12 atom stereocenters. The zero-order valence-corrected chi connectivity index (χ0v) is 38.4. The number of fused-ring (bicyclic) bond motifs is 6. The van der Waals surface area contributed by atoms with E-state index < -0.39 is 80.0 Å². The second-order valence-corrected chi connectivity index (χ2v) is 19.8. The van der Waals surface area contributed by atoms with Crippen molar-refractivity contribution in [2.24, 2.45) is 11.3 Å². The number of methoxy groups -OCH3 is 3. The number of hydrogen-bond acceptors (Lipinski definition) is 15. The number of para-hydroxylation sites is 1. The van der Waals surface area contributed by atoms with Gasteiger partial charge in [0.1, 0.15) is 11.2 Å². The summed E-state index contributed by atoms with van der Waals surface area (Å²) in [5.74, 6) is -2.06. The molecule has 5 N–H and O–H groups in total. The van der Waals surface area contributed by atoms with E-state index in [0.29, 0.717) is 93.7 Å². The highest BCUT2D eigenvalue weighted by molar-refractivity contribution is 7.79. The van der Waals surface area contributed by atoms with Gasteiger partial charge in [0.15, 0.2) is 6.10 Å². The van der Waals surface area contributed by atoms with Crippen molar-refractivity contribution < 1.29 is 65.9 Å². The van der Waals surface area contributed by atoms with Gasteiger partial charge in [0.2, 0.25) is 12.0 Å². The normalized spacial score (nSPS) is 37.4. The van der Waals surface area contributed by atoms with E-state index in [1.165, 1.54) is 33.2 Å². The molecule has 2 aromatic rings. The number of hydrogen-bond donors (Lipinski definition) is 5. The Labute approximate surface area is 378 Å². The average molecular weight is 925 g/mol. The molecule has 1 spiro atoms. The SMILES string of the molecule is CC[C@]1(O)CC2CN(CCC3c4ccccc4NC3[C@@](C(=O)OC)(c3cc4c(cc3OC)N(C=O)[C@H]3[C@@](O)(C(=O)OC)[C@H](OC(C)=O)[C@]5(CC)C=CCN6CC[C@]43[C@@H]65)C2)C1.O=S(=O)(O)O. The lowest BCUT2D eigenvalue weighted by atomic mass is 9.47. The molecule has 2 bridgehead atoms. The Hall–Kier alpha value is -4.63. The highest BCUT2D eigenvalue weighted by atomic mass is 32.3. The third kappa shape index (κ3) is 6.98. The smallest absolute Gasteiger partial charge is 0.394 e. The maximum absolute atomic E-state index is 15.4. The number of nitrogens with one attached hydrogen (secondary N) is 1. The largest absolute Gasteiger partial charge is 0.496 e. The highest BCUT2D eigenvalue weighted by Gasteiger charge is 2.81. The Morgan fingerprint density at radius 2 is 1.66 bits per heavy atom. The predicted octanol–water partition coefficient (Wildman–Crippen LogP) is 2.76. The van der Waals surface area contributed by atoms with Crippen LogP contribution >= 0.6 is 0 Å². The highest BCUT2D eigenvalue weighted by Crippen LogP contribution is 2.68. The van der Waals surface area contributed by atoms with Crippen molar-refractivity contribution in [3.8, 4) is 5.75 Å². The van der Waals surface area contributed by atoms with Crippen molar-refractivity contribution in [3.63, 3.8) is 0 Å². The Morgan fingerprint density at radius 3 is 2.29 bits per heavy atom. The fourth-order valence-electron chi connectivity index (χ4n) is 13.9. The molecule has 6 heterocycles. The quantitative estimate of drug-likeness (QED) is 0.0841. The van der Waals surface area contributed by atoms with Crippen LogP contribution in [0.1, 0.15) is 81.9 Å². The van der Waals surface area contributed by atoms with Gasteiger partial charge in [0, 0.05) is 66.7 Å². The van der Waals surface area contributed by atoms with E-state index in [1.807, 2.05) is 50.3 Å². The van der Waals surface area contributed by atoms with Crippen LogP contribution < -0.4 is 15.0 Å². The molecule has 9 rings (SSSR count). The van der Waals surface area contributed by atoms with Crippen LogP contribution in [0.25, 0.3) is 0 Å². The van der Waals surface area contributed by atoms with E-state index in [9.17, 15) is 24.6 Å². The van der Waals surface area contributed by atoms with Crippen molar-refractivity contribution in [2.75, 3.05) is 64.3 Å². The van der Waals surface area contributed by atoms with Crippen molar-refractivity contribution in [1.29, 1.82) is 0 Å². The van der Waals surface area contributed by atoms with Gasteiger partial charge in [-0.1, -0.05) is 44.2 Å². The molecular weight excluding hydrogens is 865 g/mol. The van der Waals surface area contributed by atoms with Crippen LogP contribution in [0.5, 0.6) is 5.75 Å². The third-order valence-corrected chi connectivity index (χ3v) is 16.0. The number of anilines is 2. The van der Waals surface area contributed by atoms with E-state index in [-0.39, 0.29) is 11.8 Å². The Balaban J connectivity index is 0.00000109. The standard InChI is InChI=1S/C46H58N4O10.H2O4S/c1-7-42(55)22-28-23-45(40(53)58-5,36-30(14-18-48(24-28)25-42)29-12-9-10-13-33(29)47-36)32-20-31-34(21-35(32)57-4)50(26-51)38-44(31)16-19-49-17-11-15-43(8-2,37(44)49)39(60-27(3)52)46(38,56)41(54)59-6;1-5(2,3)4/h9-13,15,20-21,26,28,30,36-39,47,55-56H,7-8,14,16-19,22-25H2,1-6H3;(H2,1,2,3,4)/t28?,30?,36?,37-,38+,39+,42-,43+,44+,45-,46-;/m0./s1. The minimum absolute atomic E-state index is 0.121. The van der Waals surface area contributed by atoms with Crippen LogP contribution in [-0.2, 0) is 54.6 Å². The van der Waals surface area contributed by atoms with Gasteiger partial charge in [-0.3, -0.25) is 28.4 Å². The van der Waals surface area contributed by atoms with Gasteiger partial charge in [-0.15, -0.1) is 0 Å². The molecule has 1 amide bonds. The molecule has 18 nitrogen and oxygen atoms in total. The van der Waals surface area contributed by atoms with Crippen LogP contribution in [0.2, 0.25) is 0 Å². The number of ether oxygens (including phenoxy) is 4. The molecule has 0 aromatic heterocycles. The van der Waals surface area contributed by atoms with Crippen molar-refractivity contribution >= 4 is 46.1 Å². The Kier molecular flexibility index (Phi) is 12.0. The molecular formula is C46H60N4O14S. The molecule has 4 unspecified atom stereocenters. The molecule has 1 aliphatic carbocycles. The summed E-state index contributed by atoms with van der Waals surface area (Å²) in [5.41, 5.74) is -3.35. The predicted molar refractivity (Wildman–Crippen MR) is 235 cm³/mol. The molecule has 65 heavy (non-hydrogen) atoms. The summed E-state index contributed by atoms with van der Waals surface area (Å²) in [6.07, 6.45) is 6.10. The first-order chi connectivity index (χ1) is 30.8. The van der Waals surface area contributed by atoms with Gasteiger partial charge < -0.3 is 44.3 Å². The number of aliphatic hydroxyl groups is 2. The summed E-state index contributed by atoms with van der Waals surface area (Å²) in [4.78, 5) is 62.5. The topological polar surface area (TPSA) is 242 Å². The molecule has 4 fully saturated rings. The van der Waals surface area contributed by atoms with E-state index in [0.717, 1.165) is 17.8 Å². The van der Waals surface area contributed by atoms with E-state index in [1.54, 1.807) is 6.07 Å². The summed E-state index contributed by atoms with van der Waals surface area (Å²) in [7, 11) is -0.533. The van der Waals surface area contributed by atoms with Crippen LogP contribution in [0.15, 0.2) is 48.6 Å².